The summed E-state index contributed by atoms with van der Waals surface area (Å²) < 4.78 is 0. The van der Waals surface area contributed by atoms with Gasteiger partial charge >= 0.3 is 6.03 Å². The fourth-order valence-corrected chi connectivity index (χ4v) is 3.53. The average molecular weight is 337 g/mol. The van der Waals surface area contributed by atoms with Crippen molar-refractivity contribution in [2.45, 2.75) is 25.3 Å². The third kappa shape index (κ3) is 3.28. The van der Waals surface area contributed by atoms with Crippen LogP contribution in [0, 0.1) is 5.92 Å². The molecule has 2 fully saturated rings. The van der Waals surface area contributed by atoms with Gasteiger partial charge in [-0.2, -0.15) is 0 Å². The number of carbonyl (C=O) groups excluding carboxylic acids is 2. The molecule has 1 aromatic rings. The Labute approximate surface area is 140 Å². The summed E-state index contributed by atoms with van der Waals surface area (Å²) in [5.41, 5.74) is 6.83. The minimum Gasteiger partial charge on any atom is -0.349 e. The number of nitrogens with two attached hydrogens (primary N) is 1. The third-order valence-electron chi connectivity index (χ3n) is 4.64. The summed E-state index contributed by atoms with van der Waals surface area (Å²) in [6.45, 7) is 1.76. The van der Waals surface area contributed by atoms with Crippen LogP contribution in [0.3, 0.4) is 0 Å². The van der Waals surface area contributed by atoms with Gasteiger partial charge in [-0.25, -0.2) is 4.79 Å². The van der Waals surface area contributed by atoms with Crippen LogP contribution in [0.25, 0.3) is 0 Å². The molecule has 0 bridgehead atoms. The predicted molar refractivity (Wildman–Crippen MR) is 89.8 cm³/mol. The monoisotopic (exact) mass is 336 g/mol. The minimum absolute atomic E-state index is 0.0994. The second-order valence-corrected chi connectivity index (χ2v) is 6.46. The van der Waals surface area contributed by atoms with Crippen molar-refractivity contribution in [1.29, 1.82) is 0 Å². The highest BCUT2D eigenvalue weighted by atomic mass is 35.5. The van der Waals surface area contributed by atoms with Gasteiger partial charge in [0.1, 0.15) is 0 Å². The number of amides is 3. The lowest BCUT2D eigenvalue weighted by molar-refractivity contribution is 0.0929. The molecule has 7 heteroatoms. The number of nitrogens with one attached hydrogen (secondary N) is 2. The van der Waals surface area contributed by atoms with Crippen molar-refractivity contribution in [1.82, 2.24) is 10.6 Å². The van der Waals surface area contributed by atoms with Crippen molar-refractivity contribution in [2.24, 2.45) is 11.7 Å². The molecule has 4 N–H and O–H groups in total. The molecule has 1 aromatic carbocycles. The zero-order chi connectivity index (χ0) is 16.4. The Hall–Kier alpha value is -1.79. The van der Waals surface area contributed by atoms with E-state index in [-0.39, 0.29) is 18.0 Å². The average Bonchev–Trinajstić information content (AvgIpc) is 3.16. The van der Waals surface area contributed by atoms with Crippen molar-refractivity contribution in [2.75, 3.05) is 24.5 Å². The van der Waals surface area contributed by atoms with Crippen LogP contribution in [0.1, 0.15) is 29.6 Å². The van der Waals surface area contributed by atoms with E-state index in [9.17, 15) is 9.59 Å². The van der Waals surface area contributed by atoms with Gasteiger partial charge < -0.3 is 16.4 Å². The van der Waals surface area contributed by atoms with Gasteiger partial charge in [0, 0.05) is 24.8 Å². The van der Waals surface area contributed by atoms with Crippen LogP contribution < -0.4 is 21.3 Å². The van der Waals surface area contributed by atoms with E-state index in [2.05, 4.69) is 10.6 Å². The van der Waals surface area contributed by atoms with E-state index >= 15 is 0 Å². The van der Waals surface area contributed by atoms with E-state index in [0.29, 0.717) is 41.8 Å². The van der Waals surface area contributed by atoms with Crippen LogP contribution in [0.4, 0.5) is 10.5 Å². The second kappa shape index (κ2) is 6.76. The van der Waals surface area contributed by atoms with Gasteiger partial charge in [-0.1, -0.05) is 18.0 Å². The van der Waals surface area contributed by atoms with Crippen LogP contribution in [0.15, 0.2) is 18.2 Å². The highest BCUT2D eigenvalue weighted by molar-refractivity contribution is 6.34. The first-order chi connectivity index (χ1) is 11.1. The van der Waals surface area contributed by atoms with Crippen molar-refractivity contribution in [3.63, 3.8) is 0 Å². The molecule has 124 valence electrons. The van der Waals surface area contributed by atoms with Crippen molar-refractivity contribution in [3.8, 4) is 0 Å². The van der Waals surface area contributed by atoms with Gasteiger partial charge in [0.2, 0.25) is 0 Å². The van der Waals surface area contributed by atoms with Gasteiger partial charge in [-0.3, -0.25) is 9.69 Å². The Morgan fingerprint density at radius 1 is 1.43 bits per heavy atom. The van der Waals surface area contributed by atoms with E-state index in [1.807, 2.05) is 0 Å². The molecule has 23 heavy (non-hydrogen) atoms. The molecule has 6 nitrogen and oxygen atoms in total. The second-order valence-electron chi connectivity index (χ2n) is 6.05. The summed E-state index contributed by atoms with van der Waals surface area (Å²) in [5.74, 6) is 0.118. The molecule has 0 spiro atoms. The largest absolute Gasteiger partial charge is 0.349 e. The number of nitrogens with zero attached hydrogens (tertiary/aromatic N) is 1. The fraction of sp³-hybridized carbons (Fsp3) is 0.500. The van der Waals surface area contributed by atoms with Crippen molar-refractivity contribution < 1.29 is 9.59 Å². The first kappa shape index (κ1) is 16.1. The number of carbonyl (C=O) groups is 2. The SMILES string of the molecule is NC[C@H]1CCC[C@H]1NC(=O)c1cc(N2CCNC2=O)ccc1Cl. The van der Waals surface area contributed by atoms with Gasteiger partial charge in [0.05, 0.1) is 10.6 Å². The van der Waals surface area contributed by atoms with Crippen LogP contribution >= 0.6 is 11.6 Å². The molecule has 0 aromatic heterocycles. The number of anilines is 1. The molecular weight excluding hydrogens is 316 g/mol. The summed E-state index contributed by atoms with van der Waals surface area (Å²) in [4.78, 5) is 25.9. The smallest absolute Gasteiger partial charge is 0.321 e. The Morgan fingerprint density at radius 2 is 2.26 bits per heavy atom. The first-order valence-electron chi connectivity index (χ1n) is 7.96. The third-order valence-corrected chi connectivity index (χ3v) is 4.97. The standard InChI is InChI=1S/C16H21ClN4O2/c17-13-5-4-11(21-7-6-19-16(21)23)8-12(13)15(22)20-14-3-1-2-10(14)9-18/h4-5,8,10,14H,1-3,6-7,9,18H2,(H,19,23)(H,20,22)/t10-,14-/m1/s1. The minimum atomic E-state index is -0.207. The molecule has 0 radical (unpaired) electrons. The molecule has 1 heterocycles. The predicted octanol–water partition coefficient (Wildman–Crippen LogP) is 1.73. The van der Waals surface area contributed by atoms with E-state index < -0.39 is 0 Å². The zero-order valence-corrected chi connectivity index (χ0v) is 13.6. The molecule has 0 unspecified atom stereocenters. The van der Waals surface area contributed by atoms with Crippen LogP contribution in [-0.2, 0) is 0 Å². The van der Waals surface area contributed by atoms with Crippen LogP contribution in [0.5, 0.6) is 0 Å². The molecule has 2 aliphatic rings. The first-order valence-corrected chi connectivity index (χ1v) is 8.34. The Balaban J connectivity index is 1.78. The summed E-state index contributed by atoms with van der Waals surface area (Å²) in [6.07, 6.45) is 3.07. The molecule has 3 amide bonds. The maximum absolute atomic E-state index is 12.6. The topological polar surface area (TPSA) is 87.5 Å². The highest BCUT2D eigenvalue weighted by Gasteiger charge is 2.29. The molecule has 1 aliphatic heterocycles. The molecule has 3 rings (SSSR count). The lowest BCUT2D eigenvalue weighted by Crippen LogP contribution is -2.40. The molecule has 1 aliphatic carbocycles. The number of rotatable bonds is 4. The van der Waals surface area contributed by atoms with Gasteiger partial charge in [-0.15, -0.1) is 0 Å². The quantitative estimate of drug-likeness (QED) is 0.782. The van der Waals surface area contributed by atoms with Gasteiger partial charge in [0.25, 0.3) is 5.91 Å². The number of halogens is 1. The van der Waals surface area contributed by atoms with Crippen molar-refractivity contribution >= 4 is 29.2 Å². The number of hydrogen-bond donors (Lipinski definition) is 3. The lowest BCUT2D eigenvalue weighted by Gasteiger charge is -2.21. The Morgan fingerprint density at radius 3 is 2.96 bits per heavy atom. The van der Waals surface area contributed by atoms with Crippen LogP contribution in [0.2, 0.25) is 5.02 Å². The maximum Gasteiger partial charge on any atom is 0.321 e. The normalized spacial score (nSPS) is 23.9. The summed E-state index contributed by atoms with van der Waals surface area (Å²) in [7, 11) is 0. The number of benzene rings is 1. The van der Waals surface area contributed by atoms with Gasteiger partial charge in [-0.05, 0) is 43.5 Å². The summed E-state index contributed by atoms with van der Waals surface area (Å²) in [5, 5.41) is 6.17. The molecule has 1 saturated carbocycles. The lowest BCUT2D eigenvalue weighted by atomic mass is 10.0. The van der Waals surface area contributed by atoms with E-state index in [4.69, 9.17) is 17.3 Å². The molecule has 1 saturated heterocycles. The number of urea groups is 1. The van der Waals surface area contributed by atoms with E-state index in [1.54, 1.807) is 23.1 Å². The highest BCUT2D eigenvalue weighted by Crippen LogP contribution is 2.27. The Bertz CT molecular complexity index is 622. The molecule has 2 atom stereocenters. The van der Waals surface area contributed by atoms with Gasteiger partial charge in [0.15, 0.2) is 0 Å². The molecular formula is C16H21ClN4O2. The number of hydrogen-bond acceptors (Lipinski definition) is 3. The van der Waals surface area contributed by atoms with E-state index in [1.165, 1.54) is 0 Å². The Kier molecular flexibility index (Phi) is 4.73. The zero-order valence-electron chi connectivity index (χ0n) is 12.8. The maximum atomic E-state index is 12.6. The summed E-state index contributed by atoms with van der Waals surface area (Å²) in [6, 6.07) is 5.03. The fourth-order valence-electron chi connectivity index (χ4n) is 3.33. The summed E-state index contributed by atoms with van der Waals surface area (Å²) >= 11 is 6.19. The van der Waals surface area contributed by atoms with Crippen LogP contribution in [-0.4, -0.2) is 37.6 Å². The van der Waals surface area contributed by atoms with Crippen molar-refractivity contribution in [3.05, 3.63) is 28.8 Å². The van der Waals surface area contributed by atoms with E-state index in [0.717, 1.165) is 19.3 Å².